The highest BCUT2D eigenvalue weighted by Crippen LogP contribution is 2.34. The number of methoxy groups -OCH3 is 2. The van der Waals surface area contributed by atoms with Crippen molar-refractivity contribution in [3.8, 4) is 22.8 Å². The fourth-order valence-electron chi connectivity index (χ4n) is 3.21. The molecule has 0 atom stereocenters. The van der Waals surface area contributed by atoms with Crippen molar-refractivity contribution in [2.24, 2.45) is 5.92 Å². The first-order valence-electron chi connectivity index (χ1n) is 9.99. The summed E-state index contributed by atoms with van der Waals surface area (Å²) in [5.41, 5.74) is 2.19. The predicted molar refractivity (Wildman–Crippen MR) is 119 cm³/mol. The van der Waals surface area contributed by atoms with Crippen LogP contribution in [0.5, 0.6) is 11.5 Å². The molecule has 0 aliphatic rings. The second-order valence-corrected chi connectivity index (χ2v) is 9.69. The molecule has 0 radical (unpaired) electrons. The van der Waals surface area contributed by atoms with Crippen LogP contribution in [0.1, 0.15) is 25.1 Å². The predicted octanol–water partition coefficient (Wildman–Crippen LogP) is 4.51. The largest absolute Gasteiger partial charge is 0.497 e. The molecule has 3 aromatic rings. The Hall–Kier alpha value is -2.84. The number of hydrogen-bond acceptors (Lipinski definition) is 6. The smallest absolute Gasteiger partial charge is 0.243 e. The van der Waals surface area contributed by atoms with Gasteiger partial charge >= 0.3 is 0 Å². The van der Waals surface area contributed by atoms with Gasteiger partial charge in [0.15, 0.2) is 5.76 Å². The van der Waals surface area contributed by atoms with Crippen LogP contribution in [0.4, 0.5) is 0 Å². The van der Waals surface area contributed by atoms with E-state index in [1.54, 1.807) is 62.8 Å². The number of aryl methyl sites for hydroxylation is 1. The highest BCUT2D eigenvalue weighted by atomic mass is 32.2. The quantitative estimate of drug-likeness (QED) is 0.483. The summed E-state index contributed by atoms with van der Waals surface area (Å²) >= 11 is 0. The zero-order chi connectivity index (χ0) is 22.6. The number of sulfonamides is 1. The molecule has 0 N–H and O–H groups in total. The maximum absolute atomic E-state index is 13.3. The molecule has 8 heteroatoms. The first kappa shape index (κ1) is 22.8. The number of nitrogens with zero attached hydrogens (tertiary/aromatic N) is 2. The molecule has 0 aliphatic carbocycles. The first-order valence-corrected chi connectivity index (χ1v) is 11.4. The van der Waals surface area contributed by atoms with Crippen LogP contribution in [0.3, 0.4) is 0 Å². The molecule has 2 aromatic carbocycles. The van der Waals surface area contributed by atoms with Crippen molar-refractivity contribution >= 4 is 10.0 Å². The molecule has 0 saturated carbocycles. The number of aromatic nitrogens is 1. The topological polar surface area (TPSA) is 81.9 Å². The number of ether oxygens (including phenoxy) is 2. The fourth-order valence-corrected chi connectivity index (χ4v) is 4.79. The Labute approximate surface area is 183 Å². The van der Waals surface area contributed by atoms with Gasteiger partial charge in [-0.15, -0.1) is 0 Å². The van der Waals surface area contributed by atoms with E-state index in [-0.39, 0.29) is 17.4 Å². The Kier molecular flexibility index (Phi) is 7.02. The lowest BCUT2D eigenvalue weighted by Crippen LogP contribution is -2.34. The van der Waals surface area contributed by atoms with Crippen LogP contribution in [-0.2, 0) is 16.6 Å². The normalized spacial score (nSPS) is 11.8. The summed E-state index contributed by atoms with van der Waals surface area (Å²) in [7, 11) is -0.532. The lowest BCUT2D eigenvalue weighted by atomic mass is 10.1. The molecule has 0 aliphatic heterocycles. The van der Waals surface area contributed by atoms with Gasteiger partial charge in [-0.25, -0.2) is 8.42 Å². The van der Waals surface area contributed by atoms with Crippen LogP contribution in [0, 0.1) is 12.8 Å². The minimum Gasteiger partial charge on any atom is -0.497 e. The molecule has 1 heterocycles. The van der Waals surface area contributed by atoms with Crippen molar-refractivity contribution in [3.63, 3.8) is 0 Å². The van der Waals surface area contributed by atoms with Gasteiger partial charge in [0.25, 0.3) is 0 Å². The highest BCUT2D eigenvalue weighted by Gasteiger charge is 2.27. The van der Waals surface area contributed by atoms with Gasteiger partial charge in [-0.05, 0) is 43.2 Å². The van der Waals surface area contributed by atoms with E-state index < -0.39 is 10.0 Å². The van der Waals surface area contributed by atoms with Crippen LogP contribution < -0.4 is 9.47 Å². The van der Waals surface area contributed by atoms with Gasteiger partial charge in [0, 0.05) is 12.6 Å². The third kappa shape index (κ3) is 5.26. The molecular formula is C23H28N2O5S. The maximum atomic E-state index is 13.3. The Morgan fingerprint density at radius 2 is 1.74 bits per heavy atom. The number of hydrogen-bond donors (Lipinski definition) is 0. The van der Waals surface area contributed by atoms with Gasteiger partial charge in [-0.3, -0.25) is 0 Å². The summed E-state index contributed by atoms with van der Waals surface area (Å²) in [4.78, 5) is 0.261. The summed E-state index contributed by atoms with van der Waals surface area (Å²) in [5.74, 6) is 1.88. The summed E-state index contributed by atoms with van der Waals surface area (Å²) in [6.45, 7) is 6.34. The molecule has 0 amide bonds. The monoisotopic (exact) mass is 444 g/mol. The minimum absolute atomic E-state index is 0.101. The van der Waals surface area contributed by atoms with E-state index in [0.29, 0.717) is 35.1 Å². The van der Waals surface area contributed by atoms with Gasteiger partial charge in [0.2, 0.25) is 10.0 Å². The molecule has 3 rings (SSSR count). The van der Waals surface area contributed by atoms with Gasteiger partial charge in [-0.2, -0.15) is 4.31 Å². The van der Waals surface area contributed by atoms with E-state index in [9.17, 15) is 8.42 Å². The fraction of sp³-hybridized carbons (Fsp3) is 0.348. The van der Waals surface area contributed by atoms with Crippen molar-refractivity contribution in [2.75, 3.05) is 20.8 Å². The van der Waals surface area contributed by atoms with Crippen molar-refractivity contribution in [2.45, 2.75) is 32.2 Å². The van der Waals surface area contributed by atoms with Crippen LogP contribution in [-0.4, -0.2) is 38.6 Å². The second kappa shape index (κ2) is 9.53. The van der Waals surface area contributed by atoms with E-state index >= 15 is 0 Å². The summed E-state index contributed by atoms with van der Waals surface area (Å²) in [6.07, 6.45) is 0. The third-order valence-electron chi connectivity index (χ3n) is 4.80. The Bertz CT molecular complexity index is 1120. The van der Waals surface area contributed by atoms with Crippen LogP contribution in [0.15, 0.2) is 57.9 Å². The van der Waals surface area contributed by atoms with E-state index in [0.717, 1.165) is 5.56 Å². The van der Waals surface area contributed by atoms with E-state index in [4.69, 9.17) is 14.0 Å². The molecule has 31 heavy (non-hydrogen) atoms. The number of rotatable bonds is 9. The standard InChI is InChI=1S/C23H28N2O5S/c1-16(2)14-25(31(26,27)20-9-6-17(3)7-10-20)15-18-12-23(30-24-18)21-13-19(28-4)8-11-22(21)29-5/h6-13,16H,14-15H2,1-5H3. The molecule has 0 spiro atoms. The SMILES string of the molecule is COc1ccc(OC)c(-c2cc(CN(CC(C)C)S(=O)(=O)c3ccc(C)cc3)no2)c1. The van der Waals surface area contributed by atoms with Crippen molar-refractivity contribution in [1.82, 2.24) is 9.46 Å². The molecular weight excluding hydrogens is 416 g/mol. The lowest BCUT2D eigenvalue weighted by molar-refractivity contribution is 0.345. The van der Waals surface area contributed by atoms with Crippen molar-refractivity contribution in [1.29, 1.82) is 0 Å². The molecule has 7 nitrogen and oxygen atoms in total. The molecule has 0 fully saturated rings. The van der Waals surface area contributed by atoms with Crippen LogP contribution in [0.25, 0.3) is 11.3 Å². The molecule has 0 saturated heterocycles. The van der Waals surface area contributed by atoms with Crippen LogP contribution in [0.2, 0.25) is 0 Å². The molecule has 166 valence electrons. The Morgan fingerprint density at radius 3 is 2.35 bits per heavy atom. The zero-order valence-corrected chi connectivity index (χ0v) is 19.3. The molecule has 0 bridgehead atoms. The zero-order valence-electron chi connectivity index (χ0n) is 18.5. The highest BCUT2D eigenvalue weighted by molar-refractivity contribution is 7.89. The van der Waals surface area contributed by atoms with Gasteiger partial charge in [0.1, 0.15) is 11.5 Å². The van der Waals surface area contributed by atoms with Crippen molar-refractivity contribution < 1.29 is 22.4 Å². The number of benzene rings is 2. The maximum Gasteiger partial charge on any atom is 0.243 e. The lowest BCUT2D eigenvalue weighted by Gasteiger charge is -2.23. The second-order valence-electron chi connectivity index (χ2n) is 7.75. The average molecular weight is 445 g/mol. The van der Waals surface area contributed by atoms with E-state index in [1.165, 1.54) is 4.31 Å². The minimum atomic E-state index is -3.68. The van der Waals surface area contributed by atoms with E-state index in [2.05, 4.69) is 5.16 Å². The third-order valence-corrected chi connectivity index (χ3v) is 6.62. The average Bonchev–Trinajstić information content (AvgIpc) is 3.21. The van der Waals surface area contributed by atoms with Crippen molar-refractivity contribution in [3.05, 3.63) is 59.8 Å². The summed E-state index contributed by atoms with van der Waals surface area (Å²) < 4.78 is 44.2. The summed E-state index contributed by atoms with van der Waals surface area (Å²) in [6, 6.07) is 13.9. The summed E-state index contributed by atoms with van der Waals surface area (Å²) in [5, 5.41) is 4.11. The Balaban J connectivity index is 1.92. The Morgan fingerprint density at radius 1 is 1.03 bits per heavy atom. The van der Waals surface area contributed by atoms with Gasteiger partial charge in [-0.1, -0.05) is 36.7 Å². The van der Waals surface area contributed by atoms with E-state index in [1.807, 2.05) is 20.8 Å². The molecule has 0 unspecified atom stereocenters. The molecule has 1 aromatic heterocycles. The van der Waals surface area contributed by atoms with Gasteiger partial charge in [0.05, 0.1) is 36.9 Å². The first-order chi connectivity index (χ1) is 14.7. The van der Waals surface area contributed by atoms with Gasteiger partial charge < -0.3 is 14.0 Å². The van der Waals surface area contributed by atoms with Crippen LogP contribution >= 0.6 is 0 Å².